The van der Waals surface area contributed by atoms with Crippen molar-refractivity contribution in [1.82, 2.24) is 4.90 Å². The molecule has 3 aromatic heterocycles. The molecule has 0 bridgehead atoms. The van der Waals surface area contributed by atoms with Gasteiger partial charge in [-0.05, 0) is 48.2 Å². The lowest BCUT2D eigenvalue weighted by molar-refractivity contribution is -0.141. The molecule has 2 unspecified atom stereocenters. The van der Waals surface area contributed by atoms with E-state index in [-0.39, 0.29) is 12.3 Å². The van der Waals surface area contributed by atoms with Crippen molar-refractivity contribution in [1.29, 1.82) is 0 Å². The molecule has 0 aromatic carbocycles. The summed E-state index contributed by atoms with van der Waals surface area (Å²) in [5.41, 5.74) is 0.934. The molecular weight excluding hydrogens is 354 g/mol. The van der Waals surface area contributed by atoms with E-state index in [4.69, 9.17) is 8.83 Å². The van der Waals surface area contributed by atoms with Crippen LogP contribution in [0.4, 0.5) is 0 Å². The van der Waals surface area contributed by atoms with Gasteiger partial charge in [0.25, 0.3) is 5.91 Å². The number of thiophene rings is 1. The van der Waals surface area contributed by atoms with E-state index in [1.54, 1.807) is 18.2 Å². The van der Waals surface area contributed by atoms with Gasteiger partial charge in [0.2, 0.25) is 11.6 Å². The summed E-state index contributed by atoms with van der Waals surface area (Å²) in [5, 5.41) is 1.89. The maximum atomic E-state index is 12.9. The maximum absolute atomic E-state index is 12.9. The van der Waals surface area contributed by atoms with Crippen LogP contribution in [0.25, 0.3) is 0 Å². The van der Waals surface area contributed by atoms with Crippen LogP contribution in [0.15, 0.2) is 57.1 Å². The van der Waals surface area contributed by atoms with Gasteiger partial charge in [0.05, 0.1) is 25.1 Å². The standard InChI is InChI=1S/C19H15NO5S/c1-11-6-9-26-18(11)15-14(16(21)13-5-3-8-25-13)17(22)19(23)20(15)10-12-4-2-7-24-12/h2-9,14-15H,10H2,1H3. The summed E-state index contributed by atoms with van der Waals surface area (Å²) in [5.74, 6) is -2.36. The Labute approximate surface area is 153 Å². The molecule has 4 rings (SSSR count). The number of ketones is 2. The fraction of sp³-hybridized carbons (Fsp3) is 0.211. The van der Waals surface area contributed by atoms with Crippen LogP contribution in [0.2, 0.25) is 0 Å². The molecule has 4 heterocycles. The second-order valence-electron chi connectivity index (χ2n) is 6.11. The summed E-state index contributed by atoms with van der Waals surface area (Å²) < 4.78 is 10.5. The minimum Gasteiger partial charge on any atom is -0.467 e. The summed E-state index contributed by atoms with van der Waals surface area (Å²) in [4.78, 5) is 40.6. The summed E-state index contributed by atoms with van der Waals surface area (Å²) >= 11 is 1.43. The van der Waals surface area contributed by atoms with Crippen LogP contribution < -0.4 is 0 Å². The van der Waals surface area contributed by atoms with Gasteiger partial charge in [0, 0.05) is 4.88 Å². The average molecular weight is 369 g/mol. The maximum Gasteiger partial charge on any atom is 0.291 e. The topological polar surface area (TPSA) is 80.7 Å². The number of nitrogens with zero attached hydrogens (tertiary/aromatic N) is 1. The first kappa shape index (κ1) is 16.5. The number of Topliss-reactive ketones (excluding diaryl/α,β-unsaturated/α-hetero) is 2. The van der Waals surface area contributed by atoms with E-state index < -0.39 is 29.4 Å². The number of carbonyl (C=O) groups is 3. The molecule has 2 atom stereocenters. The second-order valence-corrected chi connectivity index (χ2v) is 7.06. The Morgan fingerprint density at radius 2 is 1.92 bits per heavy atom. The predicted octanol–water partition coefficient (Wildman–Crippen LogP) is 3.39. The average Bonchev–Trinajstić information content (AvgIpc) is 3.40. The van der Waals surface area contributed by atoms with E-state index in [1.807, 2.05) is 18.4 Å². The molecule has 26 heavy (non-hydrogen) atoms. The van der Waals surface area contributed by atoms with E-state index >= 15 is 0 Å². The van der Waals surface area contributed by atoms with E-state index in [9.17, 15) is 14.4 Å². The molecule has 7 heteroatoms. The van der Waals surface area contributed by atoms with E-state index in [0.717, 1.165) is 10.4 Å². The first-order valence-corrected chi connectivity index (χ1v) is 8.95. The molecule has 0 radical (unpaired) electrons. The van der Waals surface area contributed by atoms with Crippen molar-refractivity contribution in [3.8, 4) is 0 Å². The van der Waals surface area contributed by atoms with Crippen LogP contribution in [0, 0.1) is 12.8 Å². The molecule has 6 nitrogen and oxygen atoms in total. The fourth-order valence-electron chi connectivity index (χ4n) is 3.28. The molecule has 0 spiro atoms. The highest BCUT2D eigenvalue weighted by Crippen LogP contribution is 2.42. The highest BCUT2D eigenvalue weighted by molar-refractivity contribution is 7.10. The SMILES string of the molecule is Cc1ccsc1C1C(C(=O)c2ccco2)C(=O)C(=O)N1Cc1ccco1. The van der Waals surface area contributed by atoms with Crippen molar-refractivity contribution in [3.05, 3.63) is 70.2 Å². The van der Waals surface area contributed by atoms with Gasteiger partial charge in [-0.15, -0.1) is 11.3 Å². The Bertz CT molecular complexity index is 954. The molecule has 1 fully saturated rings. The Hall–Kier alpha value is -2.93. The number of amides is 1. The van der Waals surface area contributed by atoms with Crippen molar-refractivity contribution in [2.75, 3.05) is 0 Å². The predicted molar refractivity (Wildman–Crippen MR) is 92.6 cm³/mol. The van der Waals surface area contributed by atoms with Crippen LogP contribution in [-0.4, -0.2) is 22.4 Å². The van der Waals surface area contributed by atoms with Gasteiger partial charge in [0.1, 0.15) is 11.7 Å². The van der Waals surface area contributed by atoms with Crippen LogP contribution >= 0.6 is 11.3 Å². The molecule has 3 aromatic rings. The third-order valence-corrected chi connectivity index (χ3v) is 5.62. The molecule has 1 amide bonds. The van der Waals surface area contributed by atoms with E-state index in [2.05, 4.69) is 0 Å². The van der Waals surface area contributed by atoms with Crippen LogP contribution in [0.3, 0.4) is 0 Å². The third kappa shape index (κ3) is 2.61. The molecular formula is C19H15NO5S. The Morgan fingerprint density at radius 3 is 2.54 bits per heavy atom. The smallest absolute Gasteiger partial charge is 0.291 e. The number of carbonyl (C=O) groups excluding carboxylic acids is 3. The lowest BCUT2D eigenvalue weighted by atomic mass is 9.90. The Morgan fingerprint density at radius 1 is 1.15 bits per heavy atom. The lowest BCUT2D eigenvalue weighted by Gasteiger charge is -2.25. The van der Waals surface area contributed by atoms with E-state index in [0.29, 0.717) is 5.76 Å². The quantitative estimate of drug-likeness (QED) is 0.391. The van der Waals surface area contributed by atoms with Gasteiger partial charge in [-0.2, -0.15) is 0 Å². The van der Waals surface area contributed by atoms with Gasteiger partial charge < -0.3 is 13.7 Å². The fourth-order valence-corrected chi connectivity index (χ4v) is 4.36. The van der Waals surface area contributed by atoms with Crippen LogP contribution in [0.1, 0.15) is 32.8 Å². The summed E-state index contributed by atoms with van der Waals surface area (Å²) in [7, 11) is 0. The van der Waals surface area contributed by atoms with Crippen molar-refractivity contribution >= 4 is 28.8 Å². The minimum absolute atomic E-state index is 0.0789. The largest absolute Gasteiger partial charge is 0.467 e. The number of furan rings is 2. The molecule has 0 N–H and O–H groups in total. The first-order valence-electron chi connectivity index (χ1n) is 8.07. The monoisotopic (exact) mass is 369 g/mol. The van der Waals surface area contributed by atoms with Gasteiger partial charge >= 0.3 is 0 Å². The highest BCUT2D eigenvalue weighted by Gasteiger charge is 2.53. The van der Waals surface area contributed by atoms with E-state index in [1.165, 1.54) is 34.8 Å². The van der Waals surface area contributed by atoms with Crippen molar-refractivity contribution in [2.45, 2.75) is 19.5 Å². The molecule has 132 valence electrons. The zero-order valence-corrected chi connectivity index (χ0v) is 14.7. The van der Waals surface area contributed by atoms with Crippen molar-refractivity contribution in [2.24, 2.45) is 5.92 Å². The summed E-state index contributed by atoms with van der Waals surface area (Å²) in [6.45, 7) is 2.03. The molecule has 1 saturated heterocycles. The summed E-state index contributed by atoms with van der Waals surface area (Å²) in [6, 6.07) is 7.78. The number of rotatable bonds is 5. The van der Waals surface area contributed by atoms with Gasteiger partial charge in [-0.1, -0.05) is 0 Å². The highest BCUT2D eigenvalue weighted by atomic mass is 32.1. The normalized spacial score (nSPS) is 20.1. The zero-order valence-electron chi connectivity index (χ0n) is 13.9. The van der Waals surface area contributed by atoms with Gasteiger partial charge in [-0.25, -0.2) is 0 Å². The lowest BCUT2D eigenvalue weighted by Crippen LogP contribution is -2.30. The number of hydrogen-bond donors (Lipinski definition) is 0. The Balaban J connectivity index is 1.79. The van der Waals surface area contributed by atoms with Gasteiger partial charge in [0.15, 0.2) is 5.76 Å². The van der Waals surface area contributed by atoms with Crippen molar-refractivity contribution < 1.29 is 23.2 Å². The van der Waals surface area contributed by atoms with Gasteiger partial charge in [-0.3, -0.25) is 14.4 Å². The van der Waals surface area contributed by atoms with Crippen LogP contribution in [0.5, 0.6) is 0 Å². The second kappa shape index (κ2) is 6.42. The number of aryl methyl sites for hydroxylation is 1. The van der Waals surface area contributed by atoms with Crippen molar-refractivity contribution in [3.63, 3.8) is 0 Å². The Kier molecular flexibility index (Phi) is 4.08. The van der Waals surface area contributed by atoms with Crippen LogP contribution in [-0.2, 0) is 16.1 Å². The number of hydrogen-bond acceptors (Lipinski definition) is 6. The zero-order chi connectivity index (χ0) is 18.3. The molecule has 1 aliphatic rings. The number of likely N-dealkylation sites (tertiary alicyclic amines) is 1. The first-order chi connectivity index (χ1) is 12.6. The molecule has 1 aliphatic heterocycles. The minimum atomic E-state index is -1.12. The third-order valence-electron chi connectivity index (χ3n) is 4.53. The summed E-state index contributed by atoms with van der Waals surface area (Å²) in [6.07, 6.45) is 2.88. The molecule has 0 saturated carbocycles. The molecule has 0 aliphatic carbocycles.